The molecule has 2 aromatic heterocycles. The van der Waals surface area contributed by atoms with Crippen molar-refractivity contribution < 1.29 is 9.53 Å². The number of ether oxygens (including phenoxy) is 1. The van der Waals surface area contributed by atoms with E-state index >= 15 is 0 Å². The van der Waals surface area contributed by atoms with Gasteiger partial charge < -0.3 is 4.74 Å². The highest BCUT2D eigenvalue weighted by molar-refractivity contribution is 9.09. The number of hydrogen-bond acceptors (Lipinski definition) is 3. The summed E-state index contributed by atoms with van der Waals surface area (Å²) in [5.41, 5.74) is 2.08. The monoisotopic (exact) mass is 282 g/mol. The van der Waals surface area contributed by atoms with E-state index in [1.54, 1.807) is 29.8 Å². The summed E-state index contributed by atoms with van der Waals surface area (Å²) in [4.78, 5) is 16.1. The molecule has 4 nitrogen and oxygen atoms in total. The molecule has 0 spiro atoms. The Morgan fingerprint density at radius 1 is 1.62 bits per heavy atom. The Kier molecular flexibility index (Phi) is 2.96. The molecule has 0 atom stereocenters. The fourth-order valence-corrected chi connectivity index (χ4v) is 1.94. The molecule has 0 fully saturated rings. The Morgan fingerprint density at radius 3 is 3.00 bits per heavy atom. The SMILES string of the molecule is COc1ccn2c(C(=O)CBr)c(C)nc2c1. The first-order valence-corrected chi connectivity index (χ1v) is 5.91. The topological polar surface area (TPSA) is 43.6 Å². The summed E-state index contributed by atoms with van der Waals surface area (Å²) in [5, 5.41) is 0.299. The number of rotatable bonds is 3. The minimum Gasteiger partial charge on any atom is -0.497 e. The van der Waals surface area contributed by atoms with Crippen LogP contribution in [0, 0.1) is 6.92 Å². The lowest BCUT2D eigenvalue weighted by Crippen LogP contribution is -2.06. The number of fused-ring (bicyclic) bond motifs is 1. The molecule has 0 radical (unpaired) electrons. The van der Waals surface area contributed by atoms with E-state index in [1.165, 1.54) is 0 Å². The van der Waals surface area contributed by atoms with Crippen LogP contribution in [-0.4, -0.2) is 27.6 Å². The molecule has 0 aromatic carbocycles. The highest BCUT2D eigenvalue weighted by Crippen LogP contribution is 2.18. The number of pyridine rings is 1. The second-order valence-electron chi connectivity index (χ2n) is 3.40. The number of aromatic nitrogens is 2. The lowest BCUT2D eigenvalue weighted by molar-refractivity contribution is 0.101. The van der Waals surface area contributed by atoms with Gasteiger partial charge in [-0.15, -0.1) is 0 Å². The minimum absolute atomic E-state index is 0.0233. The zero-order chi connectivity index (χ0) is 11.7. The first kappa shape index (κ1) is 11.1. The minimum atomic E-state index is 0.0233. The predicted molar refractivity (Wildman–Crippen MR) is 64.6 cm³/mol. The number of hydrogen-bond donors (Lipinski definition) is 0. The molecule has 0 unspecified atom stereocenters. The van der Waals surface area contributed by atoms with E-state index in [1.807, 2.05) is 6.92 Å². The highest BCUT2D eigenvalue weighted by atomic mass is 79.9. The van der Waals surface area contributed by atoms with Crippen LogP contribution < -0.4 is 4.74 Å². The summed E-state index contributed by atoms with van der Waals surface area (Å²) in [5.74, 6) is 0.755. The maximum Gasteiger partial charge on any atom is 0.191 e. The van der Waals surface area contributed by atoms with Crippen LogP contribution in [0.4, 0.5) is 0 Å². The van der Waals surface area contributed by atoms with Crippen molar-refractivity contribution in [2.24, 2.45) is 0 Å². The van der Waals surface area contributed by atoms with Crippen LogP contribution >= 0.6 is 15.9 Å². The summed E-state index contributed by atoms with van der Waals surface area (Å²) in [7, 11) is 1.60. The van der Waals surface area contributed by atoms with Gasteiger partial charge in [0.2, 0.25) is 0 Å². The summed E-state index contributed by atoms with van der Waals surface area (Å²) < 4.78 is 6.89. The molecule has 2 heterocycles. The Hall–Kier alpha value is -1.36. The fourth-order valence-electron chi connectivity index (χ4n) is 1.67. The molecule has 0 N–H and O–H groups in total. The zero-order valence-electron chi connectivity index (χ0n) is 9.03. The second-order valence-corrected chi connectivity index (χ2v) is 3.96. The number of alkyl halides is 1. The molecule has 0 amide bonds. The molecule has 0 aliphatic carbocycles. The summed E-state index contributed by atoms with van der Waals surface area (Å²) in [6, 6.07) is 3.61. The first-order chi connectivity index (χ1) is 7.67. The molecule has 16 heavy (non-hydrogen) atoms. The predicted octanol–water partition coefficient (Wildman–Crippen LogP) is 2.23. The lowest BCUT2D eigenvalue weighted by Gasteiger charge is -2.02. The number of carbonyl (C=O) groups is 1. The molecule has 2 aromatic rings. The Balaban J connectivity index is 2.66. The van der Waals surface area contributed by atoms with Gasteiger partial charge in [-0.3, -0.25) is 9.20 Å². The Morgan fingerprint density at radius 2 is 2.38 bits per heavy atom. The van der Waals surface area contributed by atoms with Crippen LogP contribution in [0.2, 0.25) is 0 Å². The number of imidazole rings is 1. The number of carbonyl (C=O) groups excluding carboxylic acids is 1. The third kappa shape index (κ3) is 1.71. The summed E-state index contributed by atoms with van der Waals surface area (Å²) >= 11 is 3.17. The van der Waals surface area contributed by atoms with Gasteiger partial charge in [-0.05, 0) is 13.0 Å². The van der Waals surface area contributed by atoms with Gasteiger partial charge in [0.15, 0.2) is 5.78 Å². The van der Waals surface area contributed by atoms with Crippen LogP contribution in [0.3, 0.4) is 0 Å². The van der Waals surface area contributed by atoms with Gasteiger partial charge in [-0.2, -0.15) is 0 Å². The lowest BCUT2D eigenvalue weighted by atomic mass is 10.2. The maximum atomic E-state index is 11.7. The smallest absolute Gasteiger partial charge is 0.191 e. The summed E-state index contributed by atoms with van der Waals surface area (Å²) in [6.07, 6.45) is 1.80. The second kappa shape index (κ2) is 4.25. The molecule has 5 heteroatoms. The van der Waals surface area contributed by atoms with Crippen LogP contribution in [-0.2, 0) is 0 Å². The largest absolute Gasteiger partial charge is 0.497 e. The highest BCUT2D eigenvalue weighted by Gasteiger charge is 2.15. The van der Waals surface area contributed by atoms with Crippen molar-refractivity contribution in [3.8, 4) is 5.75 Å². The number of ketones is 1. The quantitative estimate of drug-likeness (QED) is 0.641. The van der Waals surface area contributed by atoms with E-state index in [4.69, 9.17) is 4.74 Å². The van der Waals surface area contributed by atoms with Gasteiger partial charge >= 0.3 is 0 Å². The van der Waals surface area contributed by atoms with Gasteiger partial charge in [0.1, 0.15) is 17.1 Å². The van der Waals surface area contributed by atoms with Crippen molar-refractivity contribution in [1.29, 1.82) is 0 Å². The maximum absolute atomic E-state index is 11.7. The number of nitrogens with zero attached hydrogens (tertiary/aromatic N) is 2. The first-order valence-electron chi connectivity index (χ1n) is 4.79. The molecular formula is C11H11BrN2O2. The normalized spacial score (nSPS) is 10.7. The summed E-state index contributed by atoms with van der Waals surface area (Å²) in [6.45, 7) is 1.83. The fraction of sp³-hybridized carbons (Fsp3) is 0.273. The van der Waals surface area contributed by atoms with E-state index in [0.717, 1.165) is 17.1 Å². The molecule has 0 aliphatic heterocycles. The molecule has 84 valence electrons. The van der Waals surface area contributed by atoms with Crippen LogP contribution in [0.15, 0.2) is 18.3 Å². The van der Waals surface area contributed by atoms with Gasteiger partial charge in [0.05, 0.1) is 18.1 Å². The van der Waals surface area contributed by atoms with Gasteiger partial charge in [0.25, 0.3) is 0 Å². The molecule has 0 bridgehead atoms. The molecule has 2 rings (SSSR count). The van der Waals surface area contributed by atoms with Crippen molar-refractivity contribution in [1.82, 2.24) is 9.38 Å². The van der Waals surface area contributed by atoms with E-state index in [-0.39, 0.29) is 5.78 Å². The van der Waals surface area contributed by atoms with Crippen molar-refractivity contribution in [3.05, 3.63) is 29.7 Å². The average Bonchev–Trinajstić information content (AvgIpc) is 2.62. The Labute approximate surface area is 101 Å². The van der Waals surface area contributed by atoms with Gasteiger partial charge in [-0.25, -0.2) is 4.98 Å². The van der Waals surface area contributed by atoms with E-state index in [0.29, 0.717) is 11.0 Å². The standard InChI is InChI=1S/C11H11BrN2O2/c1-7-11(9(15)6-12)14-4-3-8(16-2)5-10(14)13-7/h3-5H,6H2,1-2H3. The molecule has 0 saturated heterocycles. The third-order valence-electron chi connectivity index (χ3n) is 2.39. The van der Waals surface area contributed by atoms with E-state index in [9.17, 15) is 4.79 Å². The van der Waals surface area contributed by atoms with Crippen molar-refractivity contribution in [2.75, 3.05) is 12.4 Å². The number of Topliss-reactive ketones (excluding diaryl/α,β-unsaturated/α-hetero) is 1. The molecule has 0 aliphatic rings. The number of methoxy groups -OCH3 is 1. The average molecular weight is 283 g/mol. The van der Waals surface area contributed by atoms with Crippen LogP contribution in [0.5, 0.6) is 5.75 Å². The third-order valence-corrected chi connectivity index (χ3v) is 2.90. The van der Waals surface area contributed by atoms with Gasteiger partial charge in [0, 0.05) is 12.3 Å². The van der Waals surface area contributed by atoms with E-state index < -0.39 is 0 Å². The van der Waals surface area contributed by atoms with E-state index in [2.05, 4.69) is 20.9 Å². The number of halogens is 1. The van der Waals surface area contributed by atoms with Crippen LogP contribution in [0.25, 0.3) is 5.65 Å². The van der Waals surface area contributed by atoms with Crippen molar-refractivity contribution >= 4 is 27.4 Å². The molecule has 0 saturated carbocycles. The van der Waals surface area contributed by atoms with Crippen molar-refractivity contribution in [3.63, 3.8) is 0 Å². The Bertz CT molecular complexity index is 548. The molecular weight excluding hydrogens is 272 g/mol. The van der Waals surface area contributed by atoms with Gasteiger partial charge in [-0.1, -0.05) is 15.9 Å². The zero-order valence-corrected chi connectivity index (χ0v) is 10.6. The van der Waals surface area contributed by atoms with Crippen molar-refractivity contribution in [2.45, 2.75) is 6.92 Å². The number of aryl methyl sites for hydroxylation is 1. The van der Waals surface area contributed by atoms with Crippen LogP contribution in [0.1, 0.15) is 16.2 Å².